The van der Waals surface area contributed by atoms with Crippen LogP contribution in [0.1, 0.15) is 9.67 Å². The molecular formula is C17H18BrN3O2S. The number of hydrogen-bond acceptors (Lipinski definition) is 4. The lowest BCUT2D eigenvalue weighted by Gasteiger charge is -2.07. The highest BCUT2D eigenvalue weighted by molar-refractivity contribution is 8.93. The van der Waals surface area contributed by atoms with Gasteiger partial charge in [-0.1, -0.05) is 41.7 Å². The maximum atomic E-state index is 12.3. The molecule has 0 atom stereocenters. The van der Waals surface area contributed by atoms with Crippen molar-refractivity contribution in [3.05, 3.63) is 81.7 Å². The van der Waals surface area contributed by atoms with Gasteiger partial charge in [-0.15, -0.1) is 30.1 Å². The second kappa shape index (κ2) is 9.79. The average molecular weight is 408 g/mol. The summed E-state index contributed by atoms with van der Waals surface area (Å²) in [5.41, 5.74) is 0.384. The lowest BCUT2D eigenvalue weighted by molar-refractivity contribution is 0.103. The molecule has 2 aromatic rings. The minimum absolute atomic E-state index is 0. The van der Waals surface area contributed by atoms with Crippen molar-refractivity contribution in [2.75, 3.05) is 11.9 Å². The first-order valence-electron chi connectivity index (χ1n) is 6.99. The van der Waals surface area contributed by atoms with Gasteiger partial charge in [-0.3, -0.25) is 19.1 Å². The van der Waals surface area contributed by atoms with Crippen LogP contribution in [-0.4, -0.2) is 17.0 Å². The monoisotopic (exact) mass is 407 g/mol. The van der Waals surface area contributed by atoms with Crippen LogP contribution in [0.25, 0.3) is 0 Å². The molecule has 0 spiro atoms. The van der Waals surface area contributed by atoms with E-state index in [2.05, 4.69) is 23.5 Å². The molecule has 126 valence electrons. The van der Waals surface area contributed by atoms with Gasteiger partial charge in [-0.05, 0) is 12.1 Å². The summed E-state index contributed by atoms with van der Waals surface area (Å²) in [6.07, 6.45) is 3.25. The van der Waals surface area contributed by atoms with Crippen molar-refractivity contribution in [3.63, 3.8) is 0 Å². The molecule has 0 saturated carbocycles. The Kier molecular flexibility index (Phi) is 8.08. The Balaban J connectivity index is 0.00000288. The molecule has 1 aromatic heterocycles. The summed E-state index contributed by atoms with van der Waals surface area (Å²) in [5.74, 6) is -0.334. The van der Waals surface area contributed by atoms with Crippen LogP contribution < -0.4 is 15.7 Å². The number of carbonyl (C=O) groups excluding carboxylic acids is 1. The number of halogens is 1. The number of para-hydroxylation sites is 1. The summed E-state index contributed by atoms with van der Waals surface area (Å²) in [6.45, 7) is 7.96. The van der Waals surface area contributed by atoms with Crippen molar-refractivity contribution >= 4 is 39.9 Å². The molecule has 0 aliphatic heterocycles. The molecule has 2 rings (SSSR count). The van der Waals surface area contributed by atoms with E-state index < -0.39 is 0 Å². The van der Waals surface area contributed by atoms with Gasteiger partial charge in [0.25, 0.3) is 11.5 Å². The SMILES string of the molecule is Br.C=CCN=c1sc(C(=O)Nc2ccccc2)cc(=O)n1CC=C. The standard InChI is InChI=1S/C17H17N3O2S.BrH/c1-3-10-18-17-20(11-4-2)15(21)12-14(23-17)16(22)19-13-8-6-5-7-9-13;/h3-9,12H,1-2,10-11H2,(H,19,22);1H. The van der Waals surface area contributed by atoms with Gasteiger partial charge in [0.15, 0.2) is 4.80 Å². The summed E-state index contributed by atoms with van der Waals surface area (Å²) in [4.78, 5) is 29.6. The van der Waals surface area contributed by atoms with Crippen molar-refractivity contribution in [2.45, 2.75) is 6.54 Å². The van der Waals surface area contributed by atoms with E-state index in [1.54, 1.807) is 24.3 Å². The van der Waals surface area contributed by atoms with E-state index >= 15 is 0 Å². The first-order valence-corrected chi connectivity index (χ1v) is 7.81. The van der Waals surface area contributed by atoms with Gasteiger partial charge < -0.3 is 5.32 Å². The van der Waals surface area contributed by atoms with E-state index in [9.17, 15) is 9.59 Å². The first-order chi connectivity index (χ1) is 11.2. The zero-order chi connectivity index (χ0) is 16.7. The van der Waals surface area contributed by atoms with E-state index in [4.69, 9.17) is 0 Å². The maximum Gasteiger partial charge on any atom is 0.266 e. The van der Waals surface area contributed by atoms with Crippen LogP contribution in [0.3, 0.4) is 0 Å². The number of carbonyl (C=O) groups is 1. The molecule has 1 N–H and O–H groups in total. The second-order valence-electron chi connectivity index (χ2n) is 4.58. The van der Waals surface area contributed by atoms with Gasteiger partial charge in [-0.25, -0.2) is 0 Å². The van der Waals surface area contributed by atoms with Crippen molar-refractivity contribution < 1.29 is 4.79 Å². The molecule has 0 radical (unpaired) electrons. The zero-order valence-corrected chi connectivity index (χ0v) is 15.5. The number of hydrogen-bond donors (Lipinski definition) is 1. The number of amides is 1. The van der Waals surface area contributed by atoms with Gasteiger partial charge in [0.1, 0.15) is 4.88 Å². The molecular weight excluding hydrogens is 390 g/mol. The topological polar surface area (TPSA) is 63.5 Å². The molecule has 7 heteroatoms. The number of rotatable bonds is 6. The van der Waals surface area contributed by atoms with Crippen molar-refractivity contribution in [2.24, 2.45) is 4.99 Å². The van der Waals surface area contributed by atoms with Crippen LogP contribution >= 0.6 is 28.3 Å². The average Bonchev–Trinajstić information content (AvgIpc) is 2.56. The number of nitrogens with one attached hydrogen (secondary N) is 1. The Hall–Kier alpha value is -2.25. The van der Waals surface area contributed by atoms with Gasteiger partial charge in [0.2, 0.25) is 0 Å². The molecule has 0 aliphatic rings. The molecule has 0 bridgehead atoms. The first kappa shape index (κ1) is 19.8. The highest BCUT2D eigenvalue weighted by Gasteiger charge is 2.11. The lowest BCUT2D eigenvalue weighted by Crippen LogP contribution is -2.32. The minimum Gasteiger partial charge on any atom is -0.321 e. The van der Waals surface area contributed by atoms with Gasteiger partial charge >= 0.3 is 0 Å². The van der Waals surface area contributed by atoms with Crippen molar-refractivity contribution in [1.29, 1.82) is 0 Å². The third kappa shape index (κ3) is 5.14. The number of anilines is 1. The summed E-state index contributed by atoms with van der Waals surface area (Å²) >= 11 is 1.16. The van der Waals surface area contributed by atoms with Gasteiger partial charge in [-0.2, -0.15) is 0 Å². The lowest BCUT2D eigenvalue weighted by atomic mass is 10.3. The fourth-order valence-electron chi connectivity index (χ4n) is 1.85. The molecule has 1 aromatic carbocycles. The van der Waals surface area contributed by atoms with E-state index in [-0.39, 0.29) is 28.4 Å². The fraction of sp³-hybridized carbons (Fsp3) is 0.118. The Labute approximate surface area is 154 Å². The highest BCUT2D eigenvalue weighted by Crippen LogP contribution is 2.09. The van der Waals surface area contributed by atoms with E-state index in [0.717, 1.165) is 11.3 Å². The second-order valence-corrected chi connectivity index (χ2v) is 5.59. The molecule has 0 unspecified atom stereocenters. The summed E-state index contributed by atoms with van der Waals surface area (Å²) in [5, 5.41) is 2.76. The largest absolute Gasteiger partial charge is 0.321 e. The molecule has 24 heavy (non-hydrogen) atoms. The zero-order valence-electron chi connectivity index (χ0n) is 13.0. The van der Waals surface area contributed by atoms with Gasteiger partial charge in [0, 0.05) is 18.3 Å². The van der Waals surface area contributed by atoms with Crippen molar-refractivity contribution in [1.82, 2.24) is 4.57 Å². The molecule has 5 nitrogen and oxygen atoms in total. The Bertz CT molecular complexity index is 841. The van der Waals surface area contributed by atoms with E-state index in [0.29, 0.717) is 28.5 Å². The number of benzene rings is 1. The molecule has 1 amide bonds. The molecule has 0 aliphatic carbocycles. The number of aromatic nitrogens is 1. The van der Waals surface area contributed by atoms with Crippen LogP contribution in [0.2, 0.25) is 0 Å². The normalized spacial score (nSPS) is 10.6. The highest BCUT2D eigenvalue weighted by atomic mass is 79.9. The maximum absolute atomic E-state index is 12.3. The van der Waals surface area contributed by atoms with Crippen LogP contribution in [0.5, 0.6) is 0 Å². The number of nitrogens with zero attached hydrogens (tertiary/aromatic N) is 2. The minimum atomic E-state index is -0.334. The van der Waals surface area contributed by atoms with Gasteiger partial charge in [0.05, 0.1) is 6.54 Å². The summed E-state index contributed by atoms with van der Waals surface area (Å²) in [6, 6.07) is 10.4. The van der Waals surface area contributed by atoms with Crippen LogP contribution in [-0.2, 0) is 6.54 Å². The van der Waals surface area contributed by atoms with Crippen LogP contribution in [0, 0.1) is 0 Å². The fourth-order valence-corrected chi connectivity index (χ4v) is 2.76. The smallest absolute Gasteiger partial charge is 0.266 e. The Morgan fingerprint density at radius 2 is 1.96 bits per heavy atom. The predicted octanol–water partition coefficient (Wildman–Crippen LogP) is 3.01. The Morgan fingerprint density at radius 3 is 2.58 bits per heavy atom. The summed E-state index contributed by atoms with van der Waals surface area (Å²) in [7, 11) is 0. The van der Waals surface area contributed by atoms with E-state index in [1.807, 2.05) is 18.2 Å². The summed E-state index contributed by atoms with van der Waals surface area (Å²) < 4.78 is 1.47. The molecule has 0 saturated heterocycles. The third-order valence-electron chi connectivity index (χ3n) is 2.88. The van der Waals surface area contributed by atoms with Crippen LogP contribution in [0.15, 0.2) is 71.5 Å². The molecule has 0 fully saturated rings. The quantitative estimate of drug-likeness (QED) is 0.747. The molecule has 1 heterocycles. The van der Waals surface area contributed by atoms with E-state index in [1.165, 1.54) is 10.6 Å². The third-order valence-corrected chi connectivity index (χ3v) is 3.93. The predicted molar refractivity (Wildman–Crippen MR) is 104 cm³/mol. The van der Waals surface area contributed by atoms with Crippen LogP contribution in [0.4, 0.5) is 5.69 Å². The Morgan fingerprint density at radius 1 is 1.25 bits per heavy atom. The van der Waals surface area contributed by atoms with Crippen molar-refractivity contribution in [3.8, 4) is 0 Å². The number of allylic oxidation sites excluding steroid dienone is 1.